The summed E-state index contributed by atoms with van der Waals surface area (Å²) in [5.41, 5.74) is 2.29. The summed E-state index contributed by atoms with van der Waals surface area (Å²) in [4.78, 5) is 26.2. The van der Waals surface area contributed by atoms with Gasteiger partial charge in [-0.25, -0.2) is 0 Å². The SMILES string of the molecule is CC1S/C(=N\N=C2/C(=O)Nc3ccccc32)N(c2ccc(Cl)cc2)C1=O. The molecule has 0 radical (unpaired) electrons. The van der Waals surface area contributed by atoms with Gasteiger partial charge in [-0.15, -0.1) is 10.2 Å². The first-order chi connectivity index (χ1) is 12.5. The zero-order valence-electron chi connectivity index (χ0n) is 13.6. The maximum Gasteiger partial charge on any atom is 0.276 e. The molecule has 2 aromatic rings. The molecule has 0 bridgehead atoms. The van der Waals surface area contributed by atoms with Crippen LogP contribution in [-0.2, 0) is 9.59 Å². The molecule has 2 aromatic carbocycles. The molecule has 1 N–H and O–H groups in total. The van der Waals surface area contributed by atoms with Gasteiger partial charge in [-0.2, -0.15) is 0 Å². The molecule has 2 heterocycles. The van der Waals surface area contributed by atoms with Crippen molar-refractivity contribution < 1.29 is 9.59 Å². The molecule has 1 atom stereocenters. The van der Waals surface area contributed by atoms with Crippen molar-refractivity contribution in [2.45, 2.75) is 12.2 Å². The Bertz CT molecular complexity index is 971. The molecule has 1 unspecified atom stereocenters. The van der Waals surface area contributed by atoms with Crippen molar-refractivity contribution in [3.8, 4) is 0 Å². The molecular formula is C18H13ClN4O2S. The number of fused-ring (bicyclic) bond motifs is 1. The lowest BCUT2D eigenvalue weighted by Crippen LogP contribution is -2.31. The summed E-state index contributed by atoms with van der Waals surface area (Å²) >= 11 is 7.23. The van der Waals surface area contributed by atoms with E-state index in [1.807, 2.05) is 19.1 Å². The molecule has 26 heavy (non-hydrogen) atoms. The van der Waals surface area contributed by atoms with E-state index in [0.717, 1.165) is 0 Å². The summed E-state index contributed by atoms with van der Waals surface area (Å²) in [6.07, 6.45) is 0. The van der Waals surface area contributed by atoms with Crippen molar-refractivity contribution in [2.24, 2.45) is 10.2 Å². The number of para-hydroxylation sites is 1. The fourth-order valence-corrected chi connectivity index (χ4v) is 3.77. The summed E-state index contributed by atoms with van der Waals surface area (Å²) < 4.78 is 0. The van der Waals surface area contributed by atoms with E-state index in [2.05, 4.69) is 15.5 Å². The van der Waals surface area contributed by atoms with Gasteiger partial charge < -0.3 is 5.32 Å². The monoisotopic (exact) mass is 384 g/mol. The Labute approximate surface area is 158 Å². The smallest absolute Gasteiger partial charge is 0.276 e. The second-order valence-corrected chi connectivity index (χ2v) is 7.49. The second-order valence-electron chi connectivity index (χ2n) is 5.74. The summed E-state index contributed by atoms with van der Waals surface area (Å²) in [7, 11) is 0. The van der Waals surface area contributed by atoms with Gasteiger partial charge in [0.1, 0.15) is 0 Å². The van der Waals surface area contributed by atoms with Gasteiger partial charge in [0.05, 0.1) is 16.6 Å². The quantitative estimate of drug-likeness (QED) is 0.805. The predicted octanol–water partition coefficient (Wildman–Crippen LogP) is 3.52. The van der Waals surface area contributed by atoms with Crippen molar-refractivity contribution in [1.29, 1.82) is 0 Å². The van der Waals surface area contributed by atoms with Crippen LogP contribution in [0.15, 0.2) is 58.7 Å². The van der Waals surface area contributed by atoms with E-state index in [1.54, 1.807) is 36.4 Å². The number of hydrogen-bond acceptors (Lipinski definition) is 5. The molecule has 6 nitrogen and oxygen atoms in total. The molecule has 130 valence electrons. The number of hydrogen-bond donors (Lipinski definition) is 1. The molecule has 1 saturated heterocycles. The molecule has 4 rings (SSSR count). The molecule has 8 heteroatoms. The first kappa shape index (κ1) is 16.8. The van der Waals surface area contributed by atoms with Crippen LogP contribution in [0.25, 0.3) is 0 Å². The van der Waals surface area contributed by atoms with Crippen LogP contribution in [0.4, 0.5) is 11.4 Å². The largest absolute Gasteiger partial charge is 0.320 e. The maximum absolute atomic E-state index is 12.5. The summed E-state index contributed by atoms with van der Waals surface area (Å²) in [5, 5.41) is 11.8. The highest BCUT2D eigenvalue weighted by atomic mass is 35.5. The predicted molar refractivity (Wildman–Crippen MR) is 105 cm³/mol. The lowest BCUT2D eigenvalue weighted by molar-refractivity contribution is -0.116. The van der Waals surface area contributed by atoms with E-state index in [1.165, 1.54) is 16.7 Å². The van der Waals surface area contributed by atoms with Crippen LogP contribution in [0.3, 0.4) is 0 Å². The van der Waals surface area contributed by atoms with Crippen molar-refractivity contribution in [3.05, 3.63) is 59.1 Å². The highest BCUT2D eigenvalue weighted by molar-refractivity contribution is 8.16. The molecule has 0 spiro atoms. The van der Waals surface area contributed by atoms with E-state index < -0.39 is 0 Å². The lowest BCUT2D eigenvalue weighted by Gasteiger charge is -2.15. The van der Waals surface area contributed by atoms with Gasteiger partial charge in [0.15, 0.2) is 10.9 Å². The van der Waals surface area contributed by atoms with E-state index in [0.29, 0.717) is 27.1 Å². The highest BCUT2D eigenvalue weighted by Gasteiger charge is 2.36. The van der Waals surface area contributed by atoms with Gasteiger partial charge in [0.2, 0.25) is 5.91 Å². The zero-order chi connectivity index (χ0) is 18.3. The number of amides is 2. The second kappa shape index (κ2) is 6.59. The van der Waals surface area contributed by atoms with Gasteiger partial charge in [-0.1, -0.05) is 41.6 Å². The van der Waals surface area contributed by atoms with Gasteiger partial charge in [-0.3, -0.25) is 14.5 Å². The van der Waals surface area contributed by atoms with E-state index in [9.17, 15) is 9.59 Å². The Balaban J connectivity index is 1.72. The number of anilines is 2. The van der Waals surface area contributed by atoms with Crippen molar-refractivity contribution in [3.63, 3.8) is 0 Å². The highest BCUT2D eigenvalue weighted by Crippen LogP contribution is 2.32. The molecule has 0 saturated carbocycles. The van der Waals surface area contributed by atoms with Crippen molar-refractivity contribution in [1.82, 2.24) is 0 Å². The van der Waals surface area contributed by atoms with Gasteiger partial charge in [0.25, 0.3) is 5.91 Å². The zero-order valence-corrected chi connectivity index (χ0v) is 15.2. The summed E-state index contributed by atoms with van der Waals surface area (Å²) in [6.45, 7) is 1.81. The van der Waals surface area contributed by atoms with Crippen LogP contribution in [-0.4, -0.2) is 27.9 Å². The molecule has 1 fully saturated rings. The molecule has 2 aliphatic rings. The summed E-state index contributed by atoms with van der Waals surface area (Å²) in [6, 6.07) is 14.2. The van der Waals surface area contributed by atoms with Crippen LogP contribution < -0.4 is 10.2 Å². The number of nitrogens with one attached hydrogen (secondary N) is 1. The molecule has 0 aromatic heterocycles. The molecule has 0 aliphatic carbocycles. The van der Waals surface area contributed by atoms with Gasteiger partial charge >= 0.3 is 0 Å². The van der Waals surface area contributed by atoms with E-state index in [-0.39, 0.29) is 22.8 Å². The average molecular weight is 385 g/mol. The number of nitrogens with zero attached hydrogens (tertiary/aromatic N) is 3. The number of carbonyl (C=O) groups excluding carboxylic acids is 2. The van der Waals surface area contributed by atoms with Crippen LogP contribution in [0.1, 0.15) is 12.5 Å². The number of benzene rings is 2. The standard InChI is InChI=1S/C18H13ClN4O2S/c1-10-17(25)23(12-8-6-11(19)7-9-12)18(26-10)22-21-15-13-4-2-3-5-14(13)20-16(15)24/h2-10H,1H3,(H,20,21,24)/b22-18-. The third-order valence-electron chi connectivity index (χ3n) is 4.01. The Kier molecular flexibility index (Phi) is 4.26. The fraction of sp³-hybridized carbons (Fsp3) is 0.111. The third kappa shape index (κ3) is 2.89. The van der Waals surface area contributed by atoms with Crippen LogP contribution in [0.2, 0.25) is 5.02 Å². The Hall–Kier alpha value is -2.64. The molecule has 2 aliphatic heterocycles. The first-order valence-corrected chi connectivity index (χ1v) is 9.13. The fourth-order valence-electron chi connectivity index (χ4n) is 2.73. The van der Waals surface area contributed by atoms with E-state index >= 15 is 0 Å². The minimum absolute atomic E-state index is 0.0902. The van der Waals surface area contributed by atoms with Crippen molar-refractivity contribution in [2.75, 3.05) is 10.2 Å². The number of amidine groups is 1. The average Bonchev–Trinajstić information content (AvgIpc) is 3.10. The van der Waals surface area contributed by atoms with Gasteiger partial charge in [-0.05, 0) is 37.3 Å². The normalized spacial score (nSPS) is 22.2. The maximum atomic E-state index is 12.5. The van der Waals surface area contributed by atoms with Crippen LogP contribution >= 0.6 is 23.4 Å². The van der Waals surface area contributed by atoms with Crippen molar-refractivity contribution >= 4 is 57.4 Å². The number of halogens is 1. The minimum Gasteiger partial charge on any atom is -0.320 e. The topological polar surface area (TPSA) is 74.1 Å². The first-order valence-electron chi connectivity index (χ1n) is 7.87. The lowest BCUT2D eigenvalue weighted by atomic mass is 10.1. The minimum atomic E-state index is -0.309. The van der Waals surface area contributed by atoms with Crippen LogP contribution in [0, 0.1) is 0 Å². The molecule has 2 amide bonds. The number of carbonyl (C=O) groups is 2. The Morgan fingerprint density at radius 1 is 1.08 bits per heavy atom. The summed E-state index contributed by atoms with van der Waals surface area (Å²) in [5.74, 6) is -0.400. The number of rotatable bonds is 2. The van der Waals surface area contributed by atoms with Gasteiger partial charge in [0, 0.05) is 10.6 Å². The van der Waals surface area contributed by atoms with Crippen LogP contribution in [0.5, 0.6) is 0 Å². The van der Waals surface area contributed by atoms with E-state index in [4.69, 9.17) is 11.6 Å². The number of thioether (sulfide) groups is 1. The Morgan fingerprint density at radius 2 is 1.81 bits per heavy atom. The third-order valence-corrected chi connectivity index (χ3v) is 5.29. The molecular weight excluding hydrogens is 372 g/mol. The Morgan fingerprint density at radius 3 is 2.58 bits per heavy atom.